The van der Waals surface area contributed by atoms with Crippen molar-refractivity contribution in [3.05, 3.63) is 54.0 Å². The number of pyridine rings is 1. The van der Waals surface area contributed by atoms with E-state index in [4.69, 9.17) is 9.73 Å². The van der Waals surface area contributed by atoms with Gasteiger partial charge in [-0.1, -0.05) is 6.07 Å². The number of esters is 1. The first kappa shape index (κ1) is 22.3. The van der Waals surface area contributed by atoms with Crippen LogP contribution < -0.4 is 4.90 Å². The molecule has 0 N–H and O–H groups in total. The van der Waals surface area contributed by atoms with Crippen LogP contribution in [0.25, 0.3) is 11.5 Å². The third-order valence-corrected chi connectivity index (χ3v) is 5.25. The maximum Gasteiger partial charge on any atom is 0.361 e. The number of rotatable bonds is 7. The van der Waals surface area contributed by atoms with E-state index in [1.165, 1.54) is 4.68 Å². The Hall–Kier alpha value is -3.88. The third kappa shape index (κ3) is 4.39. The van der Waals surface area contributed by atoms with E-state index in [-0.39, 0.29) is 11.8 Å². The second kappa shape index (κ2) is 9.32. The number of hydrogen-bond acceptors (Lipinski definition) is 8. The van der Waals surface area contributed by atoms with E-state index in [0.29, 0.717) is 23.1 Å². The summed E-state index contributed by atoms with van der Waals surface area (Å²) in [7, 11) is 0. The standard InChI is InChI=1S/C24H27N7O2/c1-6-30(7-2)17-11-12-18(16(5)14-17)26-20-21(24(32)33-15(3)4)29-31-22(27-28-23(20)31)19-10-8-9-13-25-19/h8-15H,6-7H2,1-5H3/b26-20-. The summed E-state index contributed by atoms with van der Waals surface area (Å²) in [6.07, 6.45) is 1.37. The predicted octanol–water partition coefficient (Wildman–Crippen LogP) is 3.78. The first-order valence-electron chi connectivity index (χ1n) is 11.0. The Balaban J connectivity index is 1.80. The van der Waals surface area contributed by atoms with Crippen molar-refractivity contribution in [2.75, 3.05) is 18.0 Å². The van der Waals surface area contributed by atoms with Crippen molar-refractivity contribution < 1.29 is 9.53 Å². The van der Waals surface area contributed by atoms with Crippen LogP contribution in [-0.2, 0) is 9.53 Å². The zero-order chi connectivity index (χ0) is 23.5. The summed E-state index contributed by atoms with van der Waals surface area (Å²) in [6, 6.07) is 11.5. The number of ether oxygens (including phenoxy) is 1. The molecule has 0 saturated heterocycles. The van der Waals surface area contributed by atoms with Crippen LogP contribution >= 0.6 is 0 Å². The van der Waals surface area contributed by atoms with Gasteiger partial charge in [0, 0.05) is 25.0 Å². The second-order valence-electron chi connectivity index (χ2n) is 7.88. The summed E-state index contributed by atoms with van der Waals surface area (Å²) in [4.78, 5) is 24.2. The van der Waals surface area contributed by atoms with Gasteiger partial charge in [0.25, 0.3) is 0 Å². The van der Waals surface area contributed by atoms with E-state index in [1.807, 2.05) is 37.3 Å². The van der Waals surface area contributed by atoms with Crippen LogP contribution in [0.15, 0.2) is 52.7 Å². The highest BCUT2D eigenvalue weighted by Crippen LogP contribution is 2.28. The SMILES string of the molecule is CCN(CC)c1ccc(/N=C2/C(C(=O)OC(C)C)=Nn3c2nnc3-c2ccccn2)c(C)c1. The van der Waals surface area contributed by atoms with Crippen molar-refractivity contribution in [3.8, 4) is 11.5 Å². The number of benzene rings is 1. The van der Waals surface area contributed by atoms with Gasteiger partial charge < -0.3 is 9.64 Å². The zero-order valence-corrected chi connectivity index (χ0v) is 19.5. The molecule has 33 heavy (non-hydrogen) atoms. The molecule has 1 aliphatic heterocycles. The molecule has 0 radical (unpaired) electrons. The molecule has 9 nitrogen and oxygen atoms in total. The van der Waals surface area contributed by atoms with Crippen molar-refractivity contribution in [1.82, 2.24) is 19.9 Å². The van der Waals surface area contributed by atoms with Gasteiger partial charge in [-0.25, -0.2) is 9.79 Å². The molecule has 2 aromatic heterocycles. The number of aryl methyl sites for hydroxylation is 1. The van der Waals surface area contributed by atoms with E-state index in [9.17, 15) is 4.79 Å². The lowest BCUT2D eigenvalue weighted by molar-refractivity contribution is -0.138. The van der Waals surface area contributed by atoms with Crippen molar-refractivity contribution in [2.24, 2.45) is 10.1 Å². The van der Waals surface area contributed by atoms with Crippen LogP contribution in [0, 0.1) is 6.92 Å². The molecule has 0 fully saturated rings. The molecule has 0 amide bonds. The monoisotopic (exact) mass is 445 g/mol. The lowest BCUT2D eigenvalue weighted by Crippen LogP contribution is -2.27. The first-order valence-corrected chi connectivity index (χ1v) is 11.0. The molecule has 4 rings (SSSR count). The highest BCUT2D eigenvalue weighted by Gasteiger charge is 2.34. The molecular formula is C24H27N7O2. The van der Waals surface area contributed by atoms with E-state index in [0.717, 1.165) is 30.0 Å². The topological polar surface area (TPSA) is 97.9 Å². The molecule has 0 unspecified atom stereocenters. The average molecular weight is 446 g/mol. The van der Waals surface area contributed by atoms with Gasteiger partial charge in [0.05, 0.1) is 11.8 Å². The van der Waals surface area contributed by atoms with Crippen LogP contribution in [0.3, 0.4) is 0 Å². The Morgan fingerprint density at radius 1 is 1.12 bits per heavy atom. The lowest BCUT2D eigenvalue weighted by atomic mass is 10.1. The minimum absolute atomic E-state index is 0.0954. The zero-order valence-electron chi connectivity index (χ0n) is 19.5. The highest BCUT2D eigenvalue weighted by molar-refractivity contribution is 6.69. The van der Waals surface area contributed by atoms with Crippen LogP contribution in [0.5, 0.6) is 0 Å². The Morgan fingerprint density at radius 3 is 2.52 bits per heavy atom. The molecule has 1 aromatic carbocycles. The Bertz CT molecular complexity index is 1220. The summed E-state index contributed by atoms with van der Waals surface area (Å²) >= 11 is 0. The number of nitrogens with zero attached hydrogens (tertiary/aromatic N) is 7. The summed E-state index contributed by atoms with van der Waals surface area (Å²) in [5, 5.41) is 13.0. The molecule has 9 heteroatoms. The number of carbonyl (C=O) groups is 1. The van der Waals surface area contributed by atoms with Crippen LogP contribution in [0.4, 0.5) is 11.4 Å². The molecule has 3 aromatic rings. The Morgan fingerprint density at radius 2 is 1.88 bits per heavy atom. The molecule has 0 saturated carbocycles. The van der Waals surface area contributed by atoms with Gasteiger partial charge in [-0.15, -0.1) is 10.2 Å². The molecule has 3 heterocycles. The predicted molar refractivity (Wildman–Crippen MR) is 128 cm³/mol. The number of anilines is 1. The molecule has 0 atom stereocenters. The fraction of sp³-hybridized carbons (Fsp3) is 0.333. The van der Waals surface area contributed by atoms with Gasteiger partial charge in [-0.3, -0.25) is 4.98 Å². The van der Waals surface area contributed by atoms with Gasteiger partial charge in [0.2, 0.25) is 11.6 Å². The fourth-order valence-corrected chi connectivity index (χ4v) is 3.61. The highest BCUT2D eigenvalue weighted by atomic mass is 16.5. The van der Waals surface area contributed by atoms with Gasteiger partial charge in [-0.2, -0.15) is 9.78 Å². The largest absolute Gasteiger partial charge is 0.458 e. The molecule has 0 bridgehead atoms. The second-order valence-corrected chi connectivity index (χ2v) is 7.88. The molecular weight excluding hydrogens is 418 g/mol. The van der Waals surface area contributed by atoms with Crippen molar-refractivity contribution in [3.63, 3.8) is 0 Å². The van der Waals surface area contributed by atoms with Crippen molar-refractivity contribution in [1.29, 1.82) is 0 Å². The van der Waals surface area contributed by atoms with Crippen molar-refractivity contribution >= 4 is 28.8 Å². The molecule has 1 aliphatic rings. The van der Waals surface area contributed by atoms with Crippen LogP contribution in [0.2, 0.25) is 0 Å². The van der Waals surface area contributed by atoms with E-state index in [1.54, 1.807) is 20.0 Å². The van der Waals surface area contributed by atoms with Gasteiger partial charge in [0.1, 0.15) is 11.4 Å². The minimum Gasteiger partial charge on any atom is -0.458 e. The molecule has 170 valence electrons. The summed E-state index contributed by atoms with van der Waals surface area (Å²) < 4.78 is 6.92. The molecule has 0 aliphatic carbocycles. The quantitative estimate of drug-likeness (QED) is 0.513. The van der Waals surface area contributed by atoms with Gasteiger partial charge in [0.15, 0.2) is 5.71 Å². The number of fused-ring (bicyclic) bond motifs is 1. The number of aromatic nitrogens is 4. The molecule has 0 spiro atoms. The lowest BCUT2D eigenvalue weighted by Gasteiger charge is -2.21. The minimum atomic E-state index is -0.557. The summed E-state index contributed by atoms with van der Waals surface area (Å²) in [5.74, 6) is 0.247. The van der Waals surface area contributed by atoms with Crippen LogP contribution in [-0.4, -0.2) is 56.4 Å². The number of carbonyl (C=O) groups excluding carboxylic acids is 1. The fourth-order valence-electron chi connectivity index (χ4n) is 3.61. The normalized spacial score (nSPS) is 13.9. The van der Waals surface area contributed by atoms with Crippen molar-refractivity contribution in [2.45, 2.75) is 40.7 Å². The number of aliphatic imine (C=N–C) groups is 1. The third-order valence-electron chi connectivity index (χ3n) is 5.25. The van der Waals surface area contributed by atoms with E-state index >= 15 is 0 Å². The van der Waals surface area contributed by atoms with Gasteiger partial charge in [-0.05, 0) is 70.5 Å². The van der Waals surface area contributed by atoms with Gasteiger partial charge >= 0.3 is 5.97 Å². The Labute approximate surface area is 192 Å². The maximum absolute atomic E-state index is 12.9. The maximum atomic E-state index is 12.9. The Kier molecular flexibility index (Phi) is 6.30. The summed E-state index contributed by atoms with van der Waals surface area (Å²) in [5.41, 5.74) is 3.85. The van der Waals surface area contributed by atoms with Crippen LogP contribution in [0.1, 0.15) is 39.1 Å². The van der Waals surface area contributed by atoms with E-state index < -0.39 is 5.97 Å². The first-order chi connectivity index (χ1) is 15.9. The van der Waals surface area contributed by atoms with E-state index in [2.05, 4.69) is 45.1 Å². The average Bonchev–Trinajstić information content (AvgIpc) is 3.36. The number of hydrogen-bond donors (Lipinski definition) is 0. The smallest absolute Gasteiger partial charge is 0.361 e. The summed E-state index contributed by atoms with van der Waals surface area (Å²) in [6.45, 7) is 11.7.